The topological polar surface area (TPSA) is 74.2 Å². The number of halogens is 1. The number of aliphatic hydroxyl groups is 1. The summed E-state index contributed by atoms with van der Waals surface area (Å²) in [6.45, 7) is 0.322. The third-order valence-electron chi connectivity index (χ3n) is 4.09. The lowest BCUT2D eigenvalue weighted by molar-refractivity contribution is -0.681. The van der Waals surface area contributed by atoms with Crippen LogP contribution in [0.3, 0.4) is 0 Å². The van der Waals surface area contributed by atoms with E-state index in [9.17, 15) is 14.7 Å². The second-order valence-electron chi connectivity index (χ2n) is 5.75. The molecule has 0 bridgehead atoms. The van der Waals surface area contributed by atoms with Crippen molar-refractivity contribution in [2.24, 2.45) is 0 Å². The number of nitrogens with zero attached hydrogens (tertiary/aromatic N) is 1. The molecule has 3 N–H and O–H groups in total. The van der Waals surface area contributed by atoms with Crippen LogP contribution in [0.4, 0.5) is 5.69 Å². The van der Waals surface area contributed by atoms with Gasteiger partial charge in [-0.2, -0.15) is 0 Å². The lowest BCUT2D eigenvalue weighted by atomic mass is 10.1. The molecule has 1 saturated heterocycles. The maximum Gasteiger partial charge on any atom is 0.292 e. The molecule has 2 amide bonds. The highest BCUT2D eigenvalue weighted by Gasteiger charge is 2.42. The quantitative estimate of drug-likeness (QED) is 0.801. The Balaban J connectivity index is 1.65. The first kappa shape index (κ1) is 16.6. The first-order chi connectivity index (χ1) is 11.6. The van der Waals surface area contributed by atoms with E-state index in [1.54, 1.807) is 29.6 Å². The minimum atomic E-state index is -0.682. The van der Waals surface area contributed by atoms with E-state index in [2.05, 4.69) is 0 Å². The molecule has 2 aromatic carbocycles. The average molecular weight is 346 g/mol. The van der Waals surface area contributed by atoms with E-state index in [4.69, 9.17) is 11.6 Å². The second-order valence-corrected chi connectivity index (χ2v) is 6.19. The van der Waals surface area contributed by atoms with Crippen molar-refractivity contribution in [3.05, 3.63) is 65.2 Å². The van der Waals surface area contributed by atoms with Crippen LogP contribution in [0.15, 0.2) is 54.6 Å². The third kappa shape index (κ3) is 3.48. The molecular formula is C18H18ClN2O3+. The number of aliphatic hydroxyl groups excluding tert-OH is 1. The largest absolute Gasteiger partial charge is 0.382 e. The van der Waals surface area contributed by atoms with E-state index < -0.39 is 12.1 Å². The van der Waals surface area contributed by atoms with Crippen molar-refractivity contribution in [1.82, 2.24) is 0 Å². The van der Waals surface area contributed by atoms with Crippen LogP contribution in [-0.4, -0.2) is 29.5 Å². The van der Waals surface area contributed by atoms with Gasteiger partial charge in [-0.1, -0.05) is 41.9 Å². The van der Waals surface area contributed by atoms with Gasteiger partial charge in [0.2, 0.25) is 5.91 Å². The van der Waals surface area contributed by atoms with Gasteiger partial charge in [0.1, 0.15) is 12.6 Å². The van der Waals surface area contributed by atoms with Gasteiger partial charge in [0.15, 0.2) is 6.04 Å². The van der Waals surface area contributed by atoms with Gasteiger partial charge < -0.3 is 10.4 Å². The summed E-state index contributed by atoms with van der Waals surface area (Å²) in [4.78, 5) is 25.9. The maximum atomic E-state index is 12.5. The van der Waals surface area contributed by atoms with Crippen LogP contribution < -0.4 is 10.2 Å². The van der Waals surface area contributed by atoms with E-state index >= 15 is 0 Å². The fraction of sp³-hybridized carbons (Fsp3) is 0.222. The van der Waals surface area contributed by atoms with Gasteiger partial charge in [0, 0.05) is 5.02 Å². The molecule has 0 spiro atoms. The molecule has 0 aromatic heterocycles. The molecule has 6 heteroatoms. The Kier molecular flexibility index (Phi) is 4.94. The van der Waals surface area contributed by atoms with Crippen molar-refractivity contribution in [2.45, 2.75) is 18.6 Å². The van der Waals surface area contributed by atoms with Crippen LogP contribution in [0, 0.1) is 0 Å². The average Bonchev–Trinajstić information content (AvgIpc) is 2.88. The third-order valence-corrected chi connectivity index (χ3v) is 4.35. The molecule has 24 heavy (non-hydrogen) atoms. The van der Waals surface area contributed by atoms with Crippen molar-refractivity contribution in [2.75, 3.05) is 11.4 Å². The van der Waals surface area contributed by atoms with Crippen molar-refractivity contribution in [3.63, 3.8) is 0 Å². The second kappa shape index (κ2) is 7.13. The van der Waals surface area contributed by atoms with E-state index in [-0.39, 0.29) is 18.2 Å². The summed E-state index contributed by atoms with van der Waals surface area (Å²) < 4.78 is 0. The van der Waals surface area contributed by atoms with Crippen molar-refractivity contribution in [3.8, 4) is 0 Å². The highest BCUT2D eigenvalue weighted by Crippen LogP contribution is 2.23. The summed E-state index contributed by atoms with van der Waals surface area (Å²) in [5.74, 6) is -0.500. The SMILES string of the molecule is O=C1C[C@H]([NH2+]C[C@@H](O)c2ccccc2)C(=O)N1c1ccc(Cl)cc1. The Morgan fingerprint density at radius 2 is 1.79 bits per heavy atom. The van der Waals surface area contributed by atoms with Gasteiger partial charge >= 0.3 is 0 Å². The normalized spacial score (nSPS) is 18.9. The number of amides is 2. The Bertz CT molecular complexity index is 734. The predicted octanol–water partition coefficient (Wildman–Crippen LogP) is 1.27. The van der Waals surface area contributed by atoms with E-state index in [0.29, 0.717) is 17.3 Å². The van der Waals surface area contributed by atoms with Crippen LogP contribution in [0.1, 0.15) is 18.1 Å². The summed E-state index contributed by atoms with van der Waals surface area (Å²) >= 11 is 5.84. The minimum Gasteiger partial charge on any atom is -0.382 e. The summed E-state index contributed by atoms with van der Waals surface area (Å²) in [5, 5.41) is 12.5. The molecular weight excluding hydrogens is 328 g/mol. The van der Waals surface area contributed by atoms with E-state index in [1.165, 1.54) is 4.90 Å². The number of carbonyl (C=O) groups excluding carboxylic acids is 2. The monoisotopic (exact) mass is 345 g/mol. The number of hydrogen-bond donors (Lipinski definition) is 2. The number of hydrogen-bond acceptors (Lipinski definition) is 3. The van der Waals surface area contributed by atoms with Crippen molar-refractivity contribution >= 4 is 29.1 Å². The molecule has 0 saturated carbocycles. The number of carbonyl (C=O) groups is 2. The standard InChI is InChI=1S/C18H17ClN2O3/c19-13-6-8-14(9-7-13)21-17(23)10-15(18(21)24)20-11-16(22)12-4-2-1-3-5-12/h1-9,15-16,20,22H,10-11H2/p+1/t15-,16+/m0/s1. The van der Waals surface area contributed by atoms with E-state index in [1.807, 2.05) is 30.3 Å². The molecule has 5 nitrogen and oxygen atoms in total. The predicted molar refractivity (Wildman–Crippen MR) is 90.5 cm³/mol. The number of rotatable bonds is 5. The molecule has 1 fully saturated rings. The molecule has 1 heterocycles. The minimum absolute atomic E-state index is 0.128. The lowest BCUT2D eigenvalue weighted by Gasteiger charge is -2.15. The molecule has 0 unspecified atom stereocenters. The molecule has 1 aliphatic rings. The Morgan fingerprint density at radius 3 is 2.46 bits per heavy atom. The lowest BCUT2D eigenvalue weighted by Crippen LogP contribution is -2.92. The fourth-order valence-corrected chi connectivity index (χ4v) is 2.93. The van der Waals surface area contributed by atoms with Crippen LogP contribution in [0.5, 0.6) is 0 Å². The zero-order valence-corrected chi connectivity index (χ0v) is 13.7. The summed E-state index contributed by atoms with van der Waals surface area (Å²) in [6, 6.07) is 15.3. The highest BCUT2D eigenvalue weighted by molar-refractivity contribution is 6.30. The zero-order chi connectivity index (χ0) is 17.1. The fourth-order valence-electron chi connectivity index (χ4n) is 2.81. The molecule has 1 aliphatic heterocycles. The first-order valence-corrected chi connectivity index (χ1v) is 8.13. The molecule has 2 atom stereocenters. The van der Waals surface area contributed by atoms with Crippen LogP contribution in [0.25, 0.3) is 0 Å². The van der Waals surface area contributed by atoms with Gasteiger partial charge in [0.25, 0.3) is 5.91 Å². The number of quaternary nitrogens is 1. The van der Waals surface area contributed by atoms with Gasteiger partial charge in [-0.05, 0) is 29.8 Å². The first-order valence-electron chi connectivity index (χ1n) is 7.75. The maximum absolute atomic E-state index is 12.5. The zero-order valence-electron chi connectivity index (χ0n) is 12.9. The number of benzene rings is 2. The Hall–Kier alpha value is -2.21. The van der Waals surface area contributed by atoms with Crippen LogP contribution in [0.2, 0.25) is 5.02 Å². The summed E-state index contributed by atoms with van der Waals surface area (Å²) in [7, 11) is 0. The van der Waals surface area contributed by atoms with Crippen molar-refractivity contribution < 1.29 is 20.0 Å². The smallest absolute Gasteiger partial charge is 0.292 e. The van der Waals surface area contributed by atoms with Gasteiger partial charge in [-0.3, -0.25) is 9.59 Å². The highest BCUT2D eigenvalue weighted by atomic mass is 35.5. The molecule has 2 aromatic rings. The number of nitrogens with two attached hydrogens (primary N) is 1. The molecule has 0 radical (unpaired) electrons. The van der Waals surface area contributed by atoms with Gasteiger partial charge in [-0.25, -0.2) is 4.90 Å². The Labute approximate surface area is 144 Å². The Morgan fingerprint density at radius 1 is 1.12 bits per heavy atom. The van der Waals surface area contributed by atoms with Gasteiger partial charge in [0.05, 0.1) is 12.1 Å². The summed E-state index contributed by atoms with van der Waals surface area (Å²) in [6.07, 6.45) is -0.554. The van der Waals surface area contributed by atoms with E-state index in [0.717, 1.165) is 5.56 Å². The number of anilines is 1. The van der Waals surface area contributed by atoms with Crippen molar-refractivity contribution in [1.29, 1.82) is 0 Å². The molecule has 0 aliphatic carbocycles. The van der Waals surface area contributed by atoms with Crippen LogP contribution in [-0.2, 0) is 9.59 Å². The van der Waals surface area contributed by atoms with Gasteiger partial charge in [-0.15, -0.1) is 0 Å². The molecule has 3 rings (SSSR count). The summed E-state index contributed by atoms with van der Waals surface area (Å²) in [5.41, 5.74) is 1.31. The van der Waals surface area contributed by atoms with Crippen LogP contribution >= 0.6 is 11.6 Å². The number of imide groups is 1. The molecule has 124 valence electrons.